The summed E-state index contributed by atoms with van der Waals surface area (Å²) in [6, 6.07) is 4.15. The molecule has 8 heteroatoms. The Bertz CT molecular complexity index is 677. The lowest BCUT2D eigenvalue weighted by atomic mass is 10.1. The van der Waals surface area contributed by atoms with Crippen LogP contribution in [0, 0.1) is 35.3 Å². The fourth-order valence-electron chi connectivity index (χ4n) is 1.77. The molecular weight excluding hydrogens is 282 g/mol. The van der Waals surface area contributed by atoms with E-state index >= 15 is 0 Å². The number of hydrogen-bond donors (Lipinski definition) is 0. The lowest BCUT2D eigenvalue weighted by molar-refractivity contribution is -0.385. The van der Waals surface area contributed by atoms with E-state index in [0.717, 1.165) is 10.4 Å². The summed E-state index contributed by atoms with van der Waals surface area (Å²) in [5, 5.41) is 19.5. The molecule has 0 atom stereocenters. The van der Waals surface area contributed by atoms with Crippen molar-refractivity contribution in [3.8, 4) is 6.07 Å². The van der Waals surface area contributed by atoms with Crippen LogP contribution >= 0.6 is 0 Å². The van der Waals surface area contributed by atoms with Gasteiger partial charge in [0.1, 0.15) is 6.54 Å². The predicted molar refractivity (Wildman–Crippen MR) is 72.6 cm³/mol. The molecule has 0 aliphatic heterocycles. The van der Waals surface area contributed by atoms with Gasteiger partial charge in [0, 0.05) is 18.7 Å². The summed E-state index contributed by atoms with van der Waals surface area (Å²) in [5.74, 6) is 0. The number of rotatable bonds is 5. The van der Waals surface area contributed by atoms with Crippen LogP contribution in [-0.2, 0) is 10.0 Å². The Kier molecular flexibility index (Phi) is 4.81. The van der Waals surface area contributed by atoms with Crippen molar-refractivity contribution in [2.45, 2.75) is 25.7 Å². The molecule has 0 saturated carbocycles. The first-order valence-corrected chi connectivity index (χ1v) is 7.32. The van der Waals surface area contributed by atoms with Crippen LogP contribution < -0.4 is 0 Å². The number of hydrogen-bond acceptors (Lipinski definition) is 5. The summed E-state index contributed by atoms with van der Waals surface area (Å²) in [5.41, 5.74) is 0.692. The Labute approximate surface area is 117 Å². The minimum Gasteiger partial charge on any atom is -0.258 e. The summed E-state index contributed by atoms with van der Waals surface area (Å²) in [7, 11) is -3.92. The Morgan fingerprint density at radius 3 is 2.45 bits per heavy atom. The largest absolute Gasteiger partial charge is 0.271 e. The van der Waals surface area contributed by atoms with Gasteiger partial charge in [0.05, 0.1) is 15.9 Å². The molecule has 0 bridgehead atoms. The van der Waals surface area contributed by atoms with Crippen molar-refractivity contribution in [1.29, 1.82) is 5.26 Å². The molecule has 0 saturated heterocycles. The number of aryl methyl sites for hydroxylation is 1. The summed E-state index contributed by atoms with van der Waals surface area (Å²) in [6.45, 7) is 4.64. The van der Waals surface area contributed by atoms with Crippen LogP contribution in [0.5, 0.6) is 0 Å². The summed E-state index contributed by atoms with van der Waals surface area (Å²) < 4.78 is 25.9. The zero-order valence-electron chi connectivity index (χ0n) is 11.5. The van der Waals surface area contributed by atoms with E-state index in [1.807, 2.05) is 0 Å². The molecule has 0 aromatic heterocycles. The van der Waals surface area contributed by atoms with Crippen molar-refractivity contribution >= 4 is 15.7 Å². The molecule has 0 heterocycles. The van der Waals surface area contributed by atoms with Crippen molar-refractivity contribution in [2.75, 3.05) is 13.1 Å². The molecule has 108 valence electrons. The normalized spacial score (nSPS) is 11.3. The summed E-state index contributed by atoms with van der Waals surface area (Å²) in [4.78, 5) is 10.1. The van der Waals surface area contributed by atoms with E-state index in [-0.39, 0.29) is 23.7 Å². The number of non-ortho nitro benzene ring substituents is 1. The van der Waals surface area contributed by atoms with E-state index in [9.17, 15) is 18.5 Å². The molecule has 20 heavy (non-hydrogen) atoms. The molecule has 0 spiro atoms. The number of nitriles is 1. The molecule has 0 radical (unpaired) electrons. The van der Waals surface area contributed by atoms with Crippen molar-refractivity contribution in [3.05, 3.63) is 33.4 Å². The third kappa shape index (κ3) is 2.95. The molecule has 0 aliphatic carbocycles. The standard InChI is InChI=1S/C12H15N3O4S/c1-4-14(6-5-13)20(18,19)12-8-11(15(16)17)7-9(2)10(12)3/h7-8H,4,6H2,1-3H3. The van der Waals surface area contributed by atoms with Crippen LogP contribution in [-0.4, -0.2) is 30.7 Å². The van der Waals surface area contributed by atoms with Gasteiger partial charge in [-0.05, 0) is 25.0 Å². The smallest absolute Gasteiger partial charge is 0.258 e. The Morgan fingerprint density at radius 1 is 1.40 bits per heavy atom. The zero-order chi connectivity index (χ0) is 15.5. The molecule has 0 unspecified atom stereocenters. The van der Waals surface area contributed by atoms with Crippen molar-refractivity contribution < 1.29 is 13.3 Å². The highest BCUT2D eigenvalue weighted by Gasteiger charge is 2.27. The lowest BCUT2D eigenvalue weighted by Gasteiger charge is -2.19. The fraction of sp³-hybridized carbons (Fsp3) is 0.417. The highest BCUT2D eigenvalue weighted by Crippen LogP contribution is 2.27. The molecule has 1 aromatic rings. The second kappa shape index (κ2) is 5.98. The molecule has 0 amide bonds. The quantitative estimate of drug-likeness (QED) is 0.467. The third-order valence-electron chi connectivity index (χ3n) is 3.03. The maximum atomic E-state index is 12.5. The number of nitrogens with zero attached hydrogens (tertiary/aromatic N) is 3. The van der Waals surface area contributed by atoms with E-state index in [4.69, 9.17) is 5.26 Å². The maximum Gasteiger partial charge on any atom is 0.271 e. The molecule has 1 aromatic carbocycles. The van der Waals surface area contributed by atoms with E-state index < -0.39 is 14.9 Å². The molecule has 0 N–H and O–H groups in total. The first-order chi connectivity index (χ1) is 9.25. The third-order valence-corrected chi connectivity index (χ3v) is 5.08. The van der Waals surface area contributed by atoms with Crippen molar-refractivity contribution in [2.24, 2.45) is 0 Å². The first-order valence-electron chi connectivity index (χ1n) is 5.88. The van der Waals surface area contributed by atoms with Crippen molar-refractivity contribution in [1.82, 2.24) is 4.31 Å². The van der Waals surface area contributed by atoms with Crippen LogP contribution in [0.4, 0.5) is 5.69 Å². The molecule has 1 rings (SSSR count). The van der Waals surface area contributed by atoms with Crippen LogP contribution in [0.3, 0.4) is 0 Å². The summed E-state index contributed by atoms with van der Waals surface area (Å²) in [6.07, 6.45) is 0. The van der Waals surface area contributed by atoms with Gasteiger partial charge in [-0.25, -0.2) is 8.42 Å². The molecule has 0 fully saturated rings. The SMILES string of the molecule is CCN(CC#N)S(=O)(=O)c1cc([N+](=O)[O-])cc(C)c1C. The van der Waals surface area contributed by atoms with Gasteiger partial charge in [-0.3, -0.25) is 10.1 Å². The zero-order valence-corrected chi connectivity index (χ0v) is 12.3. The topological polar surface area (TPSA) is 104 Å². The average molecular weight is 297 g/mol. The number of nitro groups is 1. The molecule has 7 nitrogen and oxygen atoms in total. The number of nitro benzene ring substituents is 1. The van der Waals surface area contributed by atoms with E-state index in [2.05, 4.69) is 0 Å². The maximum absolute atomic E-state index is 12.5. The number of sulfonamides is 1. The fourth-order valence-corrected chi connectivity index (χ4v) is 3.43. The van der Waals surface area contributed by atoms with Gasteiger partial charge < -0.3 is 0 Å². The van der Waals surface area contributed by atoms with Gasteiger partial charge in [0.2, 0.25) is 10.0 Å². The second-order valence-corrected chi connectivity index (χ2v) is 6.14. The van der Waals surface area contributed by atoms with Gasteiger partial charge in [0.15, 0.2) is 0 Å². The monoisotopic (exact) mass is 297 g/mol. The highest BCUT2D eigenvalue weighted by atomic mass is 32.2. The van der Waals surface area contributed by atoms with E-state index in [1.165, 1.54) is 6.07 Å². The van der Waals surface area contributed by atoms with Crippen LogP contribution in [0.25, 0.3) is 0 Å². The van der Waals surface area contributed by atoms with Crippen LogP contribution in [0.1, 0.15) is 18.1 Å². The highest BCUT2D eigenvalue weighted by molar-refractivity contribution is 7.89. The predicted octanol–water partition coefficient (Wildman–Crippen LogP) is 1.75. The minimum absolute atomic E-state index is 0.122. The van der Waals surface area contributed by atoms with Gasteiger partial charge in [-0.2, -0.15) is 9.57 Å². The number of benzene rings is 1. The van der Waals surface area contributed by atoms with Crippen LogP contribution in [0.15, 0.2) is 17.0 Å². The second-order valence-electron chi connectivity index (χ2n) is 4.23. The van der Waals surface area contributed by atoms with Gasteiger partial charge >= 0.3 is 0 Å². The average Bonchev–Trinajstić information content (AvgIpc) is 2.38. The van der Waals surface area contributed by atoms with Crippen LogP contribution in [0.2, 0.25) is 0 Å². The lowest BCUT2D eigenvalue weighted by Crippen LogP contribution is -2.31. The Balaban J connectivity index is 3.53. The van der Waals surface area contributed by atoms with Crippen molar-refractivity contribution in [3.63, 3.8) is 0 Å². The van der Waals surface area contributed by atoms with Gasteiger partial charge in [-0.1, -0.05) is 6.92 Å². The van der Waals surface area contributed by atoms with Gasteiger partial charge in [0.25, 0.3) is 5.69 Å². The molecule has 0 aliphatic rings. The Hall–Kier alpha value is -1.98. The van der Waals surface area contributed by atoms with E-state index in [0.29, 0.717) is 11.1 Å². The molecular formula is C12H15N3O4S. The van der Waals surface area contributed by atoms with E-state index in [1.54, 1.807) is 26.8 Å². The minimum atomic E-state index is -3.92. The summed E-state index contributed by atoms with van der Waals surface area (Å²) >= 11 is 0. The first kappa shape index (κ1) is 16.1. The van der Waals surface area contributed by atoms with Gasteiger partial charge in [-0.15, -0.1) is 0 Å². The Morgan fingerprint density at radius 2 is 2.00 bits per heavy atom.